The summed E-state index contributed by atoms with van der Waals surface area (Å²) in [7, 11) is 1.57. The highest BCUT2D eigenvalue weighted by molar-refractivity contribution is 6.03. The number of methoxy groups -OCH3 is 1. The average Bonchev–Trinajstić information content (AvgIpc) is 3.22. The molecule has 168 valence electrons. The van der Waals surface area contributed by atoms with Crippen LogP contribution in [0.25, 0.3) is 0 Å². The summed E-state index contributed by atoms with van der Waals surface area (Å²) in [6, 6.07) is 16.8. The van der Waals surface area contributed by atoms with Gasteiger partial charge in [0.25, 0.3) is 0 Å². The Labute approximate surface area is 190 Å². The van der Waals surface area contributed by atoms with Gasteiger partial charge in [0.2, 0.25) is 23.6 Å². The van der Waals surface area contributed by atoms with Crippen LogP contribution in [-0.2, 0) is 9.59 Å². The van der Waals surface area contributed by atoms with Crippen molar-refractivity contribution in [2.75, 3.05) is 23.9 Å². The van der Waals surface area contributed by atoms with Crippen molar-refractivity contribution in [2.24, 2.45) is 11.7 Å². The number of benzene rings is 2. The van der Waals surface area contributed by atoms with Gasteiger partial charge in [0, 0.05) is 30.3 Å². The van der Waals surface area contributed by atoms with Crippen LogP contribution in [0.15, 0.2) is 66.9 Å². The van der Waals surface area contributed by atoms with E-state index < -0.39 is 11.8 Å². The molecule has 1 aromatic heterocycles. The molecule has 3 amide bonds. The topological polar surface area (TPSA) is 124 Å². The Bertz CT molecular complexity index is 1180. The summed E-state index contributed by atoms with van der Waals surface area (Å²) >= 11 is 0. The summed E-state index contributed by atoms with van der Waals surface area (Å²) in [4.78, 5) is 42.2. The average molecular weight is 446 g/mol. The molecule has 1 saturated heterocycles. The van der Waals surface area contributed by atoms with Gasteiger partial charge >= 0.3 is 0 Å². The second-order valence-corrected chi connectivity index (χ2v) is 7.47. The standard InChI is InChI=1S/C24H22N4O5/c1-32-19-8-6-18(7-9-19)28-14-16(12-22(28)29)24(31)27-17-5-10-21(26-13-17)33-20-4-2-3-15(11-20)23(25)30/h2-11,13,16H,12,14H2,1H3,(H2,25,30)(H,27,31)/t16-/m1/s1. The molecule has 3 N–H and O–H groups in total. The van der Waals surface area contributed by atoms with E-state index in [1.54, 1.807) is 66.6 Å². The molecular weight excluding hydrogens is 424 g/mol. The minimum absolute atomic E-state index is 0.111. The minimum atomic E-state index is -0.553. The summed E-state index contributed by atoms with van der Waals surface area (Å²) in [6.45, 7) is 0.293. The first-order valence-corrected chi connectivity index (χ1v) is 10.2. The lowest BCUT2D eigenvalue weighted by Gasteiger charge is -2.17. The third-order valence-electron chi connectivity index (χ3n) is 5.22. The summed E-state index contributed by atoms with van der Waals surface area (Å²) in [5.41, 5.74) is 6.80. The quantitative estimate of drug-likeness (QED) is 0.575. The Kier molecular flexibility index (Phi) is 6.21. The fourth-order valence-corrected chi connectivity index (χ4v) is 3.49. The first-order chi connectivity index (χ1) is 15.9. The maximum absolute atomic E-state index is 12.7. The second kappa shape index (κ2) is 9.39. The van der Waals surface area contributed by atoms with Crippen LogP contribution in [0.4, 0.5) is 11.4 Å². The van der Waals surface area contributed by atoms with Gasteiger partial charge in [-0.1, -0.05) is 6.07 Å². The van der Waals surface area contributed by atoms with Crippen molar-refractivity contribution in [1.29, 1.82) is 0 Å². The molecule has 0 bridgehead atoms. The van der Waals surface area contributed by atoms with Crippen molar-refractivity contribution in [1.82, 2.24) is 4.98 Å². The van der Waals surface area contributed by atoms with E-state index in [0.29, 0.717) is 29.3 Å². The molecule has 3 aromatic rings. The number of hydrogen-bond acceptors (Lipinski definition) is 6. The van der Waals surface area contributed by atoms with E-state index in [2.05, 4.69) is 10.3 Å². The van der Waals surface area contributed by atoms with Crippen molar-refractivity contribution < 1.29 is 23.9 Å². The number of nitrogens with one attached hydrogen (secondary N) is 1. The summed E-state index contributed by atoms with van der Waals surface area (Å²) in [5, 5.41) is 2.79. The van der Waals surface area contributed by atoms with Crippen molar-refractivity contribution in [3.8, 4) is 17.4 Å². The normalized spacial score (nSPS) is 15.2. The van der Waals surface area contributed by atoms with Crippen LogP contribution in [0.5, 0.6) is 17.4 Å². The highest BCUT2D eigenvalue weighted by Crippen LogP contribution is 2.28. The lowest BCUT2D eigenvalue weighted by Crippen LogP contribution is -2.28. The molecule has 9 heteroatoms. The molecule has 0 saturated carbocycles. The number of pyridine rings is 1. The molecule has 0 radical (unpaired) electrons. The van der Waals surface area contributed by atoms with E-state index in [1.165, 1.54) is 12.3 Å². The Hall–Kier alpha value is -4.40. The summed E-state index contributed by atoms with van der Waals surface area (Å²) in [5.74, 6) is -0.00549. The zero-order valence-corrected chi connectivity index (χ0v) is 17.9. The van der Waals surface area contributed by atoms with Crippen molar-refractivity contribution in [2.45, 2.75) is 6.42 Å². The van der Waals surface area contributed by atoms with E-state index in [4.69, 9.17) is 15.2 Å². The number of nitrogens with two attached hydrogens (primary N) is 1. The number of ether oxygens (including phenoxy) is 2. The number of amides is 3. The number of rotatable bonds is 7. The van der Waals surface area contributed by atoms with E-state index in [0.717, 1.165) is 5.69 Å². The molecule has 33 heavy (non-hydrogen) atoms. The van der Waals surface area contributed by atoms with Gasteiger partial charge in [0.1, 0.15) is 11.5 Å². The molecular formula is C24H22N4O5. The van der Waals surface area contributed by atoms with Crippen LogP contribution < -0.4 is 25.4 Å². The largest absolute Gasteiger partial charge is 0.497 e. The number of primary amides is 1. The maximum Gasteiger partial charge on any atom is 0.248 e. The van der Waals surface area contributed by atoms with Gasteiger partial charge in [0.15, 0.2) is 0 Å². The SMILES string of the molecule is COc1ccc(N2C[C@H](C(=O)Nc3ccc(Oc4cccc(C(N)=O)c4)nc3)CC2=O)cc1. The molecule has 0 aliphatic carbocycles. The van der Waals surface area contributed by atoms with E-state index in [-0.39, 0.29) is 24.1 Å². The van der Waals surface area contributed by atoms with Gasteiger partial charge in [-0.25, -0.2) is 4.98 Å². The van der Waals surface area contributed by atoms with E-state index in [9.17, 15) is 14.4 Å². The first-order valence-electron chi connectivity index (χ1n) is 10.2. The second-order valence-electron chi connectivity index (χ2n) is 7.47. The first kappa shape index (κ1) is 21.8. The number of anilines is 2. The van der Waals surface area contributed by atoms with Crippen LogP contribution in [-0.4, -0.2) is 36.4 Å². The van der Waals surface area contributed by atoms with Crippen LogP contribution >= 0.6 is 0 Å². The van der Waals surface area contributed by atoms with Crippen LogP contribution in [0, 0.1) is 5.92 Å². The number of carbonyl (C=O) groups is 3. The lowest BCUT2D eigenvalue weighted by atomic mass is 10.1. The van der Waals surface area contributed by atoms with Crippen LogP contribution in [0.3, 0.4) is 0 Å². The van der Waals surface area contributed by atoms with Gasteiger partial charge in [-0.2, -0.15) is 0 Å². The Balaban J connectivity index is 1.36. The third-order valence-corrected chi connectivity index (χ3v) is 5.22. The molecule has 1 aliphatic rings. The predicted octanol–water partition coefficient (Wildman–Crippen LogP) is 2.97. The predicted molar refractivity (Wildman–Crippen MR) is 121 cm³/mol. The van der Waals surface area contributed by atoms with E-state index >= 15 is 0 Å². The van der Waals surface area contributed by atoms with Crippen LogP contribution in [0.2, 0.25) is 0 Å². The Morgan fingerprint density at radius 3 is 2.55 bits per heavy atom. The number of hydrogen-bond donors (Lipinski definition) is 2. The molecule has 0 unspecified atom stereocenters. The van der Waals surface area contributed by atoms with Gasteiger partial charge < -0.3 is 25.4 Å². The zero-order chi connectivity index (χ0) is 23.4. The summed E-state index contributed by atoms with van der Waals surface area (Å²) < 4.78 is 10.8. The summed E-state index contributed by atoms with van der Waals surface area (Å²) in [6.07, 6.45) is 1.59. The van der Waals surface area contributed by atoms with E-state index in [1.807, 2.05) is 0 Å². The van der Waals surface area contributed by atoms with Gasteiger partial charge in [-0.05, 0) is 48.5 Å². The highest BCUT2D eigenvalue weighted by Gasteiger charge is 2.35. The fourth-order valence-electron chi connectivity index (χ4n) is 3.49. The van der Waals surface area contributed by atoms with Crippen LogP contribution in [0.1, 0.15) is 16.8 Å². The Morgan fingerprint density at radius 2 is 1.88 bits per heavy atom. The fraction of sp³-hybridized carbons (Fsp3) is 0.167. The molecule has 2 aromatic carbocycles. The van der Waals surface area contributed by atoms with Crippen molar-refractivity contribution in [3.63, 3.8) is 0 Å². The molecule has 1 fully saturated rings. The zero-order valence-electron chi connectivity index (χ0n) is 17.9. The highest BCUT2D eigenvalue weighted by atomic mass is 16.5. The van der Waals surface area contributed by atoms with Gasteiger partial charge in [0.05, 0.1) is 24.9 Å². The molecule has 1 aliphatic heterocycles. The van der Waals surface area contributed by atoms with Crippen molar-refractivity contribution >= 4 is 29.1 Å². The minimum Gasteiger partial charge on any atom is -0.497 e. The van der Waals surface area contributed by atoms with Crippen molar-refractivity contribution in [3.05, 3.63) is 72.4 Å². The maximum atomic E-state index is 12.7. The molecule has 4 rings (SSSR count). The number of aromatic nitrogens is 1. The molecule has 1 atom stereocenters. The lowest BCUT2D eigenvalue weighted by molar-refractivity contribution is -0.122. The molecule has 0 spiro atoms. The molecule has 2 heterocycles. The number of carbonyl (C=O) groups excluding carboxylic acids is 3. The molecule has 9 nitrogen and oxygen atoms in total. The van der Waals surface area contributed by atoms with Gasteiger partial charge in [-0.15, -0.1) is 0 Å². The van der Waals surface area contributed by atoms with Gasteiger partial charge in [-0.3, -0.25) is 14.4 Å². The number of nitrogens with zero attached hydrogens (tertiary/aromatic N) is 2. The smallest absolute Gasteiger partial charge is 0.248 e. The monoisotopic (exact) mass is 446 g/mol. The third kappa shape index (κ3) is 5.09. The Morgan fingerprint density at radius 1 is 1.09 bits per heavy atom.